The fourth-order valence-corrected chi connectivity index (χ4v) is 2.16. The van der Waals surface area contributed by atoms with Crippen LogP contribution in [-0.2, 0) is 0 Å². The molecule has 1 aromatic carbocycles. The number of pyridine rings is 1. The minimum atomic E-state index is 0.681. The highest BCUT2D eigenvalue weighted by atomic mass is 32.2. The van der Waals surface area contributed by atoms with Crippen LogP contribution in [0, 0.1) is 0 Å². The molecule has 1 aromatic heterocycles. The lowest BCUT2D eigenvalue weighted by molar-refractivity contribution is 0.112. The van der Waals surface area contributed by atoms with Gasteiger partial charge in [-0.05, 0) is 17.9 Å². The topological polar surface area (TPSA) is 30.0 Å². The Morgan fingerprint density at radius 2 is 2.20 bits per heavy atom. The molecule has 0 unspecified atom stereocenters. The molecule has 0 N–H and O–H groups in total. The average Bonchev–Trinajstić information content (AvgIpc) is 2.28. The van der Waals surface area contributed by atoms with E-state index in [0.717, 1.165) is 28.0 Å². The van der Waals surface area contributed by atoms with Gasteiger partial charge < -0.3 is 0 Å². The van der Waals surface area contributed by atoms with Gasteiger partial charge in [-0.2, -0.15) is 0 Å². The third-order valence-electron chi connectivity index (χ3n) is 2.12. The van der Waals surface area contributed by atoms with Gasteiger partial charge in [0, 0.05) is 10.9 Å². The Morgan fingerprint density at radius 3 is 2.93 bits per heavy atom. The molecule has 2 rings (SSSR count). The van der Waals surface area contributed by atoms with E-state index in [1.807, 2.05) is 30.3 Å². The third-order valence-corrected chi connectivity index (χ3v) is 3.01. The van der Waals surface area contributed by atoms with Crippen LogP contribution in [0.4, 0.5) is 0 Å². The number of hydrogen-bond acceptors (Lipinski definition) is 3. The predicted molar refractivity (Wildman–Crippen MR) is 63.5 cm³/mol. The van der Waals surface area contributed by atoms with Crippen molar-refractivity contribution in [3.63, 3.8) is 0 Å². The van der Waals surface area contributed by atoms with Gasteiger partial charge >= 0.3 is 0 Å². The number of thioether (sulfide) groups is 1. The van der Waals surface area contributed by atoms with E-state index in [0.29, 0.717) is 5.56 Å². The van der Waals surface area contributed by atoms with E-state index >= 15 is 0 Å². The van der Waals surface area contributed by atoms with Crippen LogP contribution in [0.1, 0.15) is 17.3 Å². The molecular weight excluding hydrogens is 206 g/mol. The largest absolute Gasteiger partial charge is 0.298 e. The van der Waals surface area contributed by atoms with Gasteiger partial charge in [0.25, 0.3) is 0 Å². The number of aromatic nitrogens is 1. The van der Waals surface area contributed by atoms with E-state index < -0.39 is 0 Å². The summed E-state index contributed by atoms with van der Waals surface area (Å²) in [7, 11) is 0. The Labute approximate surface area is 92.7 Å². The molecular formula is C12H11NOS. The van der Waals surface area contributed by atoms with Gasteiger partial charge in [0.1, 0.15) is 5.03 Å². The van der Waals surface area contributed by atoms with Gasteiger partial charge in [0.2, 0.25) is 0 Å². The van der Waals surface area contributed by atoms with Crippen molar-refractivity contribution in [1.82, 2.24) is 4.98 Å². The monoisotopic (exact) mass is 217 g/mol. The highest BCUT2D eigenvalue weighted by Gasteiger charge is 2.05. The predicted octanol–water partition coefficient (Wildman–Crippen LogP) is 3.16. The maximum atomic E-state index is 10.9. The molecule has 15 heavy (non-hydrogen) atoms. The minimum absolute atomic E-state index is 0.681. The van der Waals surface area contributed by atoms with Gasteiger partial charge in [0.15, 0.2) is 6.29 Å². The van der Waals surface area contributed by atoms with E-state index in [2.05, 4.69) is 11.9 Å². The highest BCUT2D eigenvalue weighted by molar-refractivity contribution is 7.99. The molecule has 0 bridgehead atoms. The van der Waals surface area contributed by atoms with Crippen molar-refractivity contribution in [2.75, 3.05) is 5.75 Å². The zero-order chi connectivity index (χ0) is 10.7. The van der Waals surface area contributed by atoms with Crippen LogP contribution in [-0.4, -0.2) is 17.0 Å². The third kappa shape index (κ3) is 2.02. The molecule has 0 radical (unpaired) electrons. The number of nitrogens with zero attached hydrogens (tertiary/aromatic N) is 1. The fourth-order valence-electron chi connectivity index (χ4n) is 1.45. The molecule has 3 heteroatoms. The minimum Gasteiger partial charge on any atom is -0.298 e. The number of carbonyl (C=O) groups excluding carboxylic acids is 1. The second-order valence-corrected chi connectivity index (χ2v) is 4.38. The van der Waals surface area contributed by atoms with E-state index in [4.69, 9.17) is 0 Å². The Kier molecular flexibility index (Phi) is 3.02. The van der Waals surface area contributed by atoms with Gasteiger partial charge in [-0.1, -0.05) is 25.1 Å². The summed E-state index contributed by atoms with van der Waals surface area (Å²) in [4.78, 5) is 15.4. The fraction of sp³-hybridized carbons (Fsp3) is 0.167. The van der Waals surface area contributed by atoms with Crippen molar-refractivity contribution in [3.05, 3.63) is 35.9 Å². The van der Waals surface area contributed by atoms with Crippen molar-refractivity contribution in [2.24, 2.45) is 0 Å². The van der Waals surface area contributed by atoms with Crippen LogP contribution in [0.2, 0.25) is 0 Å². The zero-order valence-corrected chi connectivity index (χ0v) is 9.25. The summed E-state index contributed by atoms with van der Waals surface area (Å²) in [6.45, 7) is 2.05. The molecule has 0 fully saturated rings. The Morgan fingerprint density at radius 1 is 1.40 bits per heavy atom. The normalized spacial score (nSPS) is 10.5. The zero-order valence-electron chi connectivity index (χ0n) is 8.43. The van der Waals surface area contributed by atoms with E-state index in [1.54, 1.807) is 11.8 Å². The first kappa shape index (κ1) is 10.2. The standard InChI is InChI=1S/C12H11NOS/c1-2-15-12-10(8-14)7-9-5-3-4-6-11(9)13-12/h3-8H,2H2,1H3. The summed E-state index contributed by atoms with van der Waals surface area (Å²) in [5.41, 5.74) is 1.62. The Balaban J connectivity index is 2.63. The molecule has 2 aromatic rings. The number of para-hydroxylation sites is 1. The number of hydrogen-bond donors (Lipinski definition) is 0. The number of fused-ring (bicyclic) bond motifs is 1. The summed E-state index contributed by atoms with van der Waals surface area (Å²) in [5, 5.41) is 1.84. The van der Waals surface area contributed by atoms with Crippen molar-refractivity contribution in [3.8, 4) is 0 Å². The van der Waals surface area contributed by atoms with E-state index in [9.17, 15) is 4.79 Å². The number of rotatable bonds is 3. The number of aldehydes is 1. The van der Waals surface area contributed by atoms with Gasteiger partial charge in [-0.3, -0.25) is 4.79 Å². The molecule has 0 amide bonds. The first-order valence-corrected chi connectivity index (χ1v) is 5.81. The van der Waals surface area contributed by atoms with Gasteiger partial charge in [-0.25, -0.2) is 4.98 Å². The van der Waals surface area contributed by atoms with E-state index in [1.165, 1.54) is 0 Å². The quantitative estimate of drug-likeness (QED) is 0.584. The Bertz CT molecular complexity index is 496. The summed E-state index contributed by atoms with van der Waals surface area (Å²) in [5.74, 6) is 0.923. The lowest BCUT2D eigenvalue weighted by Crippen LogP contribution is -1.91. The summed E-state index contributed by atoms with van der Waals surface area (Å²) < 4.78 is 0. The smallest absolute Gasteiger partial charge is 0.152 e. The maximum Gasteiger partial charge on any atom is 0.152 e. The van der Waals surface area contributed by atoms with Gasteiger partial charge in [0.05, 0.1) is 5.52 Å². The lowest BCUT2D eigenvalue weighted by atomic mass is 10.2. The van der Waals surface area contributed by atoms with Crippen molar-refractivity contribution >= 4 is 29.0 Å². The number of benzene rings is 1. The SMILES string of the molecule is CCSc1nc2ccccc2cc1C=O. The highest BCUT2D eigenvalue weighted by Crippen LogP contribution is 2.23. The first-order valence-electron chi connectivity index (χ1n) is 4.83. The van der Waals surface area contributed by atoms with Crippen LogP contribution < -0.4 is 0 Å². The van der Waals surface area contributed by atoms with Crippen molar-refractivity contribution in [1.29, 1.82) is 0 Å². The molecule has 2 nitrogen and oxygen atoms in total. The van der Waals surface area contributed by atoms with Crippen LogP contribution >= 0.6 is 11.8 Å². The average molecular weight is 217 g/mol. The van der Waals surface area contributed by atoms with Gasteiger partial charge in [-0.15, -0.1) is 11.8 Å². The molecule has 0 atom stereocenters. The first-order chi connectivity index (χ1) is 7.35. The number of carbonyl (C=O) groups is 1. The van der Waals surface area contributed by atoms with Crippen LogP contribution in [0.5, 0.6) is 0 Å². The molecule has 0 aliphatic rings. The molecule has 0 spiro atoms. The molecule has 0 saturated heterocycles. The molecule has 0 aliphatic carbocycles. The maximum absolute atomic E-state index is 10.9. The summed E-state index contributed by atoms with van der Waals surface area (Å²) in [6.07, 6.45) is 0.872. The lowest BCUT2D eigenvalue weighted by Gasteiger charge is -2.04. The molecule has 76 valence electrons. The van der Waals surface area contributed by atoms with E-state index in [-0.39, 0.29) is 0 Å². The second kappa shape index (κ2) is 4.45. The van der Waals surface area contributed by atoms with Crippen LogP contribution in [0.3, 0.4) is 0 Å². The molecule has 0 aliphatic heterocycles. The summed E-state index contributed by atoms with van der Waals surface area (Å²) >= 11 is 1.60. The second-order valence-electron chi connectivity index (χ2n) is 3.13. The van der Waals surface area contributed by atoms with Crippen molar-refractivity contribution in [2.45, 2.75) is 11.9 Å². The summed E-state index contributed by atoms with van der Waals surface area (Å²) in [6, 6.07) is 9.73. The Hall–Kier alpha value is -1.35. The molecule has 1 heterocycles. The molecule has 0 saturated carbocycles. The van der Waals surface area contributed by atoms with Crippen molar-refractivity contribution < 1.29 is 4.79 Å². The van der Waals surface area contributed by atoms with Crippen LogP contribution in [0.15, 0.2) is 35.4 Å². The van der Waals surface area contributed by atoms with Crippen LogP contribution in [0.25, 0.3) is 10.9 Å².